The Balaban J connectivity index is 1.03. The number of hydrogen-bond acceptors (Lipinski definition) is 4. The SMILES string of the molecule is O=C(N1CC(C2CN(Cc3ccc(C(F)(F)F)cc3)C2)C1)N1CC[C@H](c2ncn[nH]2)C1. The van der Waals surface area contributed by atoms with Crippen LogP contribution in [0.4, 0.5) is 18.0 Å². The number of nitrogens with zero attached hydrogens (tertiary/aromatic N) is 5. The topological polar surface area (TPSA) is 68.4 Å². The van der Waals surface area contributed by atoms with Crippen molar-refractivity contribution < 1.29 is 18.0 Å². The van der Waals surface area contributed by atoms with Gasteiger partial charge in [-0.1, -0.05) is 12.1 Å². The lowest BCUT2D eigenvalue weighted by Crippen LogP contribution is -2.62. The van der Waals surface area contributed by atoms with E-state index >= 15 is 0 Å². The fourth-order valence-corrected chi connectivity index (χ4v) is 4.83. The van der Waals surface area contributed by atoms with E-state index in [1.807, 2.05) is 9.80 Å². The van der Waals surface area contributed by atoms with Crippen LogP contribution < -0.4 is 0 Å². The molecule has 31 heavy (non-hydrogen) atoms. The molecule has 0 bridgehead atoms. The van der Waals surface area contributed by atoms with Crippen LogP contribution in [0.25, 0.3) is 0 Å². The molecule has 1 atom stereocenters. The zero-order valence-corrected chi connectivity index (χ0v) is 17.1. The van der Waals surface area contributed by atoms with Gasteiger partial charge in [0.25, 0.3) is 0 Å². The van der Waals surface area contributed by atoms with Gasteiger partial charge in [0.2, 0.25) is 0 Å². The minimum Gasteiger partial charge on any atom is -0.324 e. The molecule has 0 unspecified atom stereocenters. The number of nitrogens with one attached hydrogen (secondary N) is 1. The quantitative estimate of drug-likeness (QED) is 0.804. The van der Waals surface area contributed by atoms with Crippen LogP contribution >= 0.6 is 0 Å². The highest BCUT2D eigenvalue weighted by atomic mass is 19.4. The maximum Gasteiger partial charge on any atom is 0.416 e. The summed E-state index contributed by atoms with van der Waals surface area (Å²) >= 11 is 0. The Labute approximate surface area is 178 Å². The van der Waals surface area contributed by atoms with E-state index in [1.165, 1.54) is 6.33 Å². The van der Waals surface area contributed by atoms with E-state index in [-0.39, 0.29) is 11.9 Å². The number of likely N-dealkylation sites (tertiary alicyclic amines) is 3. The van der Waals surface area contributed by atoms with Crippen LogP contribution in [0.3, 0.4) is 0 Å². The fraction of sp³-hybridized carbons (Fsp3) is 0.571. The molecule has 3 saturated heterocycles. The molecule has 5 rings (SSSR count). The number of halogens is 3. The predicted octanol–water partition coefficient (Wildman–Crippen LogP) is 2.80. The van der Waals surface area contributed by atoms with Gasteiger partial charge in [0.1, 0.15) is 12.2 Å². The number of H-pyrrole nitrogens is 1. The molecule has 3 aliphatic rings. The van der Waals surface area contributed by atoms with E-state index in [0.717, 1.165) is 62.7 Å². The number of rotatable bonds is 4. The molecular weight excluding hydrogens is 409 g/mol. The summed E-state index contributed by atoms with van der Waals surface area (Å²) in [4.78, 5) is 23.0. The molecule has 2 aromatic rings. The smallest absolute Gasteiger partial charge is 0.324 e. The number of aromatic nitrogens is 3. The van der Waals surface area contributed by atoms with Gasteiger partial charge < -0.3 is 9.80 Å². The standard InChI is InChI=1S/C21H25F3N6O/c22-21(23,24)18-3-1-14(2-4-18)7-28-8-16(9-28)17-11-30(12-17)20(31)29-6-5-15(10-29)19-25-13-26-27-19/h1-4,13,15-17H,5-12H2,(H,25,26,27)/t15-/m0/s1. The third-order valence-corrected chi connectivity index (χ3v) is 6.80. The van der Waals surface area contributed by atoms with Gasteiger partial charge >= 0.3 is 12.2 Å². The summed E-state index contributed by atoms with van der Waals surface area (Å²) in [7, 11) is 0. The number of carbonyl (C=O) groups excluding carboxylic acids is 1. The highest BCUT2D eigenvalue weighted by Gasteiger charge is 2.43. The zero-order valence-electron chi connectivity index (χ0n) is 17.1. The van der Waals surface area contributed by atoms with Crippen molar-refractivity contribution in [1.29, 1.82) is 0 Å². The second kappa shape index (κ2) is 7.81. The highest BCUT2D eigenvalue weighted by molar-refractivity contribution is 5.75. The molecule has 0 spiro atoms. The van der Waals surface area contributed by atoms with E-state index in [1.54, 1.807) is 12.1 Å². The van der Waals surface area contributed by atoms with Gasteiger partial charge in [-0.05, 0) is 36.0 Å². The summed E-state index contributed by atoms with van der Waals surface area (Å²) in [5.41, 5.74) is 0.286. The number of hydrogen-bond donors (Lipinski definition) is 1. The number of carbonyl (C=O) groups is 1. The molecule has 3 fully saturated rings. The van der Waals surface area contributed by atoms with Gasteiger partial charge in [0, 0.05) is 51.7 Å². The molecule has 0 saturated carbocycles. The molecule has 7 nitrogen and oxygen atoms in total. The maximum atomic E-state index is 12.7. The normalized spacial score (nSPS) is 23.1. The van der Waals surface area contributed by atoms with Crippen LogP contribution in [-0.4, -0.2) is 75.2 Å². The van der Waals surface area contributed by atoms with E-state index in [9.17, 15) is 18.0 Å². The molecular formula is C21H25F3N6O. The first-order valence-corrected chi connectivity index (χ1v) is 10.6. The highest BCUT2D eigenvalue weighted by Crippen LogP contribution is 2.34. The summed E-state index contributed by atoms with van der Waals surface area (Å²) < 4.78 is 38.0. The Morgan fingerprint density at radius 2 is 1.74 bits per heavy atom. The second-order valence-corrected chi connectivity index (χ2v) is 8.90. The van der Waals surface area contributed by atoms with Crippen molar-refractivity contribution in [2.75, 3.05) is 39.3 Å². The lowest BCUT2D eigenvalue weighted by molar-refractivity contribution is -0.137. The molecule has 1 aromatic heterocycles. The van der Waals surface area contributed by atoms with Crippen molar-refractivity contribution >= 4 is 6.03 Å². The first kappa shape index (κ1) is 20.3. The summed E-state index contributed by atoms with van der Waals surface area (Å²) in [6.07, 6.45) is -1.89. The number of amides is 2. The minimum atomic E-state index is -4.29. The van der Waals surface area contributed by atoms with E-state index < -0.39 is 11.7 Å². The Kier molecular flexibility index (Phi) is 5.11. The van der Waals surface area contributed by atoms with Crippen LogP contribution in [0.15, 0.2) is 30.6 Å². The zero-order chi connectivity index (χ0) is 21.6. The van der Waals surface area contributed by atoms with E-state index in [2.05, 4.69) is 20.1 Å². The monoisotopic (exact) mass is 434 g/mol. The molecule has 1 aromatic carbocycles. The lowest BCUT2D eigenvalue weighted by Gasteiger charge is -2.51. The first-order chi connectivity index (χ1) is 14.9. The maximum absolute atomic E-state index is 12.7. The second-order valence-electron chi connectivity index (χ2n) is 8.90. The Hall–Kier alpha value is -2.62. The minimum absolute atomic E-state index is 0.110. The van der Waals surface area contributed by atoms with Crippen LogP contribution in [0.5, 0.6) is 0 Å². The summed E-state index contributed by atoms with van der Waals surface area (Å²) in [6.45, 7) is 5.55. The van der Waals surface area contributed by atoms with Gasteiger partial charge in [0.05, 0.1) is 5.56 Å². The molecule has 3 aliphatic heterocycles. The van der Waals surface area contributed by atoms with Crippen molar-refractivity contribution in [3.05, 3.63) is 47.5 Å². The molecule has 2 amide bonds. The van der Waals surface area contributed by atoms with Gasteiger partial charge in [-0.3, -0.25) is 10.00 Å². The van der Waals surface area contributed by atoms with Gasteiger partial charge in [-0.2, -0.15) is 18.3 Å². The molecule has 166 valence electrons. The van der Waals surface area contributed by atoms with E-state index in [0.29, 0.717) is 24.9 Å². The van der Waals surface area contributed by atoms with Gasteiger partial charge in [0.15, 0.2) is 0 Å². The molecule has 4 heterocycles. The number of benzene rings is 1. The van der Waals surface area contributed by atoms with Crippen molar-refractivity contribution in [3.63, 3.8) is 0 Å². The predicted molar refractivity (Wildman–Crippen MR) is 106 cm³/mol. The molecule has 1 N–H and O–H groups in total. The summed E-state index contributed by atoms with van der Waals surface area (Å²) in [5, 5.41) is 6.79. The van der Waals surface area contributed by atoms with Crippen LogP contribution in [0.1, 0.15) is 29.3 Å². The van der Waals surface area contributed by atoms with Crippen molar-refractivity contribution in [1.82, 2.24) is 29.9 Å². The Morgan fingerprint density at radius 1 is 1.03 bits per heavy atom. The number of alkyl halides is 3. The Morgan fingerprint density at radius 3 is 2.39 bits per heavy atom. The average Bonchev–Trinajstić information content (AvgIpc) is 3.35. The van der Waals surface area contributed by atoms with Crippen LogP contribution in [0.2, 0.25) is 0 Å². The molecule has 0 radical (unpaired) electrons. The first-order valence-electron chi connectivity index (χ1n) is 10.6. The Bertz CT molecular complexity index is 904. The van der Waals surface area contributed by atoms with Crippen molar-refractivity contribution in [3.8, 4) is 0 Å². The average molecular weight is 434 g/mol. The van der Waals surface area contributed by atoms with Crippen molar-refractivity contribution in [2.24, 2.45) is 11.8 Å². The summed E-state index contributed by atoms with van der Waals surface area (Å²) in [5.74, 6) is 2.15. The van der Waals surface area contributed by atoms with Crippen LogP contribution in [-0.2, 0) is 12.7 Å². The number of aromatic amines is 1. The number of urea groups is 1. The van der Waals surface area contributed by atoms with Gasteiger partial charge in [-0.25, -0.2) is 9.78 Å². The lowest BCUT2D eigenvalue weighted by atomic mass is 9.80. The van der Waals surface area contributed by atoms with E-state index in [4.69, 9.17) is 0 Å². The summed E-state index contributed by atoms with van der Waals surface area (Å²) in [6, 6.07) is 5.52. The molecule has 0 aliphatic carbocycles. The third-order valence-electron chi connectivity index (χ3n) is 6.80. The van der Waals surface area contributed by atoms with Crippen LogP contribution in [0, 0.1) is 11.8 Å². The molecule has 10 heteroatoms. The fourth-order valence-electron chi connectivity index (χ4n) is 4.83. The third kappa shape index (κ3) is 4.13. The van der Waals surface area contributed by atoms with Crippen molar-refractivity contribution in [2.45, 2.75) is 25.1 Å². The van der Waals surface area contributed by atoms with Gasteiger partial charge in [-0.15, -0.1) is 0 Å². The largest absolute Gasteiger partial charge is 0.416 e.